The van der Waals surface area contributed by atoms with Crippen LogP contribution in [-0.4, -0.2) is 34.3 Å². The van der Waals surface area contributed by atoms with E-state index in [9.17, 15) is 0 Å². The van der Waals surface area contributed by atoms with Crippen molar-refractivity contribution in [3.05, 3.63) is 18.0 Å². The van der Waals surface area contributed by atoms with Crippen molar-refractivity contribution in [1.29, 1.82) is 0 Å². The third-order valence-electron chi connectivity index (χ3n) is 4.56. The first-order valence-corrected chi connectivity index (χ1v) is 7.60. The quantitative estimate of drug-likeness (QED) is 0.888. The Hall–Kier alpha value is -0.870. The number of aryl methyl sites for hydroxylation is 1. The zero-order valence-corrected chi connectivity index (χ0v) is 12.5. The van der Waals surface area contributed by atoms with Crippen LogP contribution in [0.25, 0.3) is 0 Å². The number of hydrogen-bond donors (Lipinski definition) is 1. The maximum Gasteiger partial charge on any atom is 0.0538 e. The minimum absolute atomic E-state index is 0.301. The summed E-state index contributed by atoms with van der Waals surface area (Å²) in [5, 5.41) is 4.38. The summed E-state index contributed by atoms with van der Waals surface area (Å²) in [7, 11) is 2.23. The lowest BCUT2D eigenvalue weighted by Crippen LogP contribution is -2.40. The molecule has 1 aliphatic rings. The van der Waals surface area contributed by atoms with Crippen LogP contribution in [0, 0.1) is 5.92 Å². The van der Waals surface area contributed by atoms with Gasteiger partial charge < -0.3 is 5.73 Å². The first-order chi connectivity index (χ1) is 9.15. The molecule has 0 radical (unpaired) electrons. The summed E-state index contributed by atoms with van der Waals surface area (Å²) in [6.07, 6.45) is 9.45. The topological polar surface area (TPSA) is 47.1 Å². The van der Waals surface area contributed by atoms with Gasteiger partial charge in [0.25, 0.3) is 0 Å². The average Bonchev–Trinajstić information content (AvgIpc) is 2.88. The Labute approximate surface area is 117 Å². The zero-order valence-electron chi connectivity index (χ0n) is 12.5. The molecule has 1 fully saturated rings. The molecule has 0 bridgehead atoms. The molecule has 19 heavy (non-hydrogen) atoms. The van der Waals surface area contributed by atoms with Gasteiger partial charge in [0.2, 0.25) is 0 Å². The smallest absolute Gasteiger partial charge is 0.0538 e. The van der Waals surface area contributed by atoms with Crippen molar-refractivity contribution in [1.82, 2.24) is 14.7 Å². The number of nitrogens with two attached hydrogens (primary N) is 1. The van der Waals surface area contributed by atoms with Crippen LogP contribution >= 0.6 is 0 Å². The highest BCUT2D eigenvalue weighted by Crippen LogP contribution is 2.31. The summed E-state index contributed by atoms with van der Waals surface area (Å²) in [6, 6.07) is 0.970. The Morgan fingerprint density at radius 2 is 2.32 bits per heavy atom. The lowest BCUT2D eigenvalue weighted by molar-refractivity contribution is 0.121. The van der Waals surface area contributed by atoms with E-state index in [1.54, 1.807) is 0 Å². The van der Waals surface area contributed by atoms with Gasteiger partial charge in [0.05, 0.1) is 12.2 Å². The largest absolute Gasteiger partial charge is 0.329 e. The van der Waals surface area contributed by atoms with Gasteiger partial charge in [-0.15, -0.1) is 0 Å². The highest BCUT2D eigenvalue weighted by atomic mass is 15.3. The van der Waals surface area contributed by atoms with Gasteiger partial charge in [0.1, 0.15) is 0 Å². The summed E-state index contributed by atoms with van der Waals surface area (Å²) < 4.78 is 1.98. The van der Waals surface area contributed by atoms with Crippen molar-refractivity contribution >= 4 is 0 Å². The van der Waals surface area contributed by atoms with E-state index in [1.807, 2.05) is 10.9 Å². The Bertz CT molecular complexity index is 387. The molecule has 4 heteroatoms. The third-order valence-corrected chi connectivity index (χ3v) is 4.56. The Balaban J connectivity index is 2.07. The van der Waals surface area contributed by atoms with E-state index >= 15 is 0 Å². The number of hydrogen-bond acceptors (Lipinski definition) is 3. The van der Waals surface area contributed by atoms with Crippen LogP contribution in [0.4, 0.5) is 0 Å². The molecule has 0 aliphatic heterocycles. The van der Waals surface area contributed by atoms with Crippen LogP contribution in [0.2, 0.25) is 0 Å². The van der Waals surface area contributed by atoms with E-state index in [1.165, 1.54) is 31.2 Å². The predicted molar refractivity (Wildman–Crippen MR) is 78.9 cm³/mol. The minimum Gasteiger partial charge on any atom is -0.329 e. The van der Waals surface area contributed by atoms with Gasteiger partial charge in [-0.05, 0) is 32.7 Å². The van der Waals surface area contributed by atoms with Crippen LogP contribution in [-0.2, 0) is 6.54 Å². The van der Waals surface area contributed by atoms with Crippen LogP contribution in [0.5, 0.6) is 0 Å². The highest BCUT2D eigenvalue weighted by Gasteiger charge is 2.27. The number of rotatable bonds is 5. The minimum atomic E-state index is 0.301. The van der Waals surface area contributed by atoms with Crippen LogP contribution < -0.4 is 5.73 Å². The molecule has 1 aromatic heterocycles. The molecule has 1 aromatic rings. The van der Waals surface area contributed by atoms with Gasteiger partial charge in [-0.2, -0.15) is 5.10 Å². The molecule has 2 N–H and O–H groups in total. The fourth-order valence-electron chi connectivity index (χ4n) is 3.29. The standard InChI is InChI=1S/C15H28N4/c1-4-19-11-13(10-17-19)15(9-16)18(3)14-7-5-6-12(2)8-14/h10-12,14-15H,4-9,16H2,1-3H3. The maximum absolute atomic E-state index is 6.02. The van der Waals surface area contributed by atoms with E-state index in [2.05, 4.69) is 37.1 Å². The lowest BCUT2D eigenvalue weighted by Gasteiger charge is -2.38. The number of aromatic nitrogens is 2. The highest BCUT2D eigenvalue weighted by molar-refractivity contribution is 5.11. The normalized spacial score (nSPS) is 25.7. The van der Waals surface area contributed by atoms with Gasteiger partial charge in [0.15, 0.2) is 0 Å². The molecule has 0 saturated heterocycles. The zero-order chi connectivity index (χ0) is 13.8. The van der Waals surface area contributed by atoms with E-state index in [0.717, 1.165) is 12.5 Å². The maximum atomic E-state index is 6.02. The van der Waals surface area contributed by atoms with Gasteiger partial charge in [-0.3, -0.25) is 9.58 Å². The molecule has 0 amide bonds. The summed E-state index contributed by atoms with van der Waals surface area (Å²) in [4.78, 5) is 2.48. The van der Waals surface area contributed by atoms with E-state index < -0.39 is 0 Å². The van der Waals surface area contributed by atoms with E-state index in [0.29, 0.717) is 18.6 Å². The molecule has 0 aromatic carbocycles. The van der Waals surface area contributed by atoms with Crippen molar-refractivity contribution in [2.45, 2.75) is 58.2 Å². The van der Waals surface area contributed by atoms with Crippen molar-refractivity contribution < 1.29 is 0 Å². The third kappa shape index (κ3) is 3.37. The second-order valence-electron chi connectivity index (χ2n) is 5.97. The molecular formula is C15H28N4. The Kier molecular flexibility index (Phi) is 4.99. The SMILES string of the molecule is CCn1cc(C(CN)N(C)C2CCCC(C)C2)cn1. The van der Waals surface area contributed by atoms with Gasteiger partial charge >= 0.3 is 0 Å². The fourth-order valence-corrected chi connectivity index (χ4v) is 3.29. The first kappa shape index (κ1) is 14.5. The molecule has 1 heterocycles. The summed E-state index contributed by atoms with van der Waals surface area (Å²) in [5.74, 6) is 0.845. The van der Waals surface area contributed by atoms with E-state index in [-0.39, 0.29) is 0 Å². The molecular weight excluding hydrogens is 236 g/mol. The second-order valence-corrected chi connectivity index (χ2v) is 5.97. The molecule has 1 aliphatic carbocycles. The molecule has 3 atom stereocenters. The van der Waals surface area contributed by atoms with Crippen molar-refractivity contribution in [3.63, 3.8) is 0 Å². The van der Waals surface area contributed by atoms with Gasteiger partial charge in [-0.1, -0.05) is 19.8 Å². The first-order valence-electron chi connectivity index (χ1n) is 7.60. The van der Waals surface area contributed by atoms with Crippen molar-refractivity contribution in [2.24, 2.45) is 11.7 Å². The van der Waals surface area contributed by atoms with Crippen LogP contribution in [0.1, 0.15) is 51.1 Å². The van der Waals surface area contributed by atoms with Crippen LogP contribution in [0.15, 0.2) is 12.4 Å². The predicted octanol–water partition coefficient (Wildman–Crippen LogP) is 2.41. The number of likely N-dealkylation sites (N-methyl/N-ethyl adjacent to an activating group) is 1. The lowest BCUT2D eigenvalue weighted by atomic mass is 9.85. The molecule has 4 nitrogen and oxygen atoms in total. The Morgan fingerprint density at radius 3 is 2.89 bits per heavy atom. The van der Waals surface area contributed by atoms with E-state index in [4.69, 9.17) is 5.73 Å². The molecule has 3 unspecified atom stereocenters. The molecule has 0 spiro atoms. The van der Waals surface area contributed by atoms with Crippen molar-refractivity contribution in [3.8, 4) is 0 Å². The monoisotopic (exact) mass is 264 g/mol. The van der Waals surface area contributed by atoms with Crippen molar-refractivity contribution in [2.75, 3.05) is 13.6 Å². The number of nitrogens with zero attached hydrogens (tertiary/aromatic N) is 3. The summed E-state index contributed by atoms with van der Waals surface area (Å²) >= 11 is 0. The molecule has 108 valence electrons. The fraction of sp³-hybridized carbons (Fsp3) is 0.800. The Morgan fingerprint density at radius 1 is 1.53 bits per heavy atom. The van der Waals surface area contributed by atoms with Gasteiger partial charge in [0, 0.05) is 30.9 Å². The van der Waals surface area contributed by atoms with Gasteiger partial charge in [-0.25, -0.2) is 0 Å². The van der Waals surface area contributed by atoms with Crippen LogP contribution in [0.3, 0.4) is 0 Å². The summed E-state index contributed by atoms with van der Waals surface area (Å²) in [5.41, 5.74) is 7.27. The molecule has 1 saturated carbocycles. The average molecular weight is 264 g/mol. The summed E-state index contributed by atoms with van der Waals surface area (Å²) in [6.45, 7) is 6.06. The molecule has 2 rings (SSSR count). The second kappa shape index (κ2) is 6.53.